The fourth-order valence-electron chi connectivity index (χ4n) is 1.87. The second-order valence-electron chi connectivity index (χ2n) is 4.12. The van der Waals surface area contributed by atoms with E-state index in [9.17, 15) is 0 Å². The predicted molar refractivity (Wildman–Crippen MR) is 76.6 cm³/mol. The zero-order valence-electron chi connectivity index (χ0n) is 12.0. The van der Waals surface area contributed by atoms with Crippen LogP contribution >= 0.6 is 0 Å². The van der Waals surface area contributed by atoms with Gasteiger partial charge in [-0.1, -0.05) is 26.8 Å². The van der Waals surface area contributed by atoms with Crippen LogP contribution in [0, 0.1) is 0 Å². The molecule has 0 spiro atoms. The van der Waals surface area contributed by atoms with Crippen LogP contribution in [0.15, 0.2) is 30.6 Å². The summed E-state index contributed by atoms with van der Waals surface area (Å²) in [6, 6.07) is 6.50. The fraction of sp³-hybridized carbons (Fsp3) is 0.467. The molecule has 0 saturated carbocycles. The molecule has 2 rings (SSSR count). The zero-order chi connectivity index (χ0) is 13.5. The van der Waals surface area contributed by atoms with Crippen molar-refractivity contribution in [2.75, 3.05) is 0 Å². The van der Waals surface area contributed by atoms with Gasteiger partial charge in [-0.2, -0.15) is 5.10 Å². The smallest absolute Gasteiger partial charge is 0.0914 e. The van der Waals surface area contributed by atoms with Crippen LogP contribution in [0.25, 0.3) is 11.4 Å². The lowest BCUT2D eigenvalue weighted by Crippen LogP contribution is -2.06. The van der Waals surface area contributed by atoms with Gasteiger partial charge in [-0.25, -0.2) is 0 Å². The summed E-state index contributed by atoms with van der Waals surface area (Å²) in [5, 5.41) is 4.34. The lowest BCUT2D eigenvalue weighted by Gasteiger charge is -2.12. The maximum absolute atomic E-state index is 4.47. The number of nitrogens with zero attached hydrogens (tertiary/aromatic N) is 3. The third kappa shape index (κ3) is 2.97. The Kier molecular flexibility index (Phi) is 5.56. The Morgan fingerprint density at radius 1 is 1.17 bits per heavy atom. The van der Waals surface area contributed by atoms with Crippen molar-refractivity contribution < 1.29 is 0 Å². The molecule has 0 aliphatic rings. The topological polar surface area (TPSA) is 30.7 Å². The van der Waals surface area contributed by atoms with Gasteiger partial charge in [-0.15, -0.1) is 0 Å². The average Bonchev–Trinajstić information content (AvgIpc) is 2.90. The van der Waals surface area contributed by atoms with Gasteiger partial charge in [0, 0.05) is 18.4 Å². The van der Waals surface area contributed by atoms with E-state index in [0.29, 0.717) is 6.04 Å². The summed E-state index contributed by atoms with van der Waals surface area (Å²) >= 11 is 0. The Morgan fingerprint density at radius 3 is 2.50 bits per heavy atom. The number of hydrogen-bond acceptors (Lipinski definition) is 2. The third-order valence-corrected chi connectivity index (χ3v) is 2.67. The monoisotopic (exact) mass is 245 g/mol. The normalized spacial score (nSPS) is 10.1. The molecular weight excluding hydrogens is 222 g/mol. The zero-order valence-corrected chi connectivity index (χ0v) is 12.0. The summed E-state index contributed by atoms with van der Waals surface area (Å²) in [6.45, 7) is 10.4. The van der Waals surface area contributed by atoms with Gasteiger partial charge < -0.3 is 0 Å². The molecule has 0 atom stereocenters. The third-order valence-electron chi connectivity index (χ3n) is 2.67. The minimum Gasteiger partial charge on any atom is -0.261 e. The van der Waals surface area contributed by atoms with Gasteiger partial charge in [0.2, 0.25) is 0 Å². The van der Waals surface area contributed by atoms with E-state index in [0.717, 1.165) is 17.8 Å². The minimum absolute atomic E-state index is 0.358. The highest BCUT2D eigenvalue weighted by Crippen LogP contribution is 2.23. The summed E-state index contributed by atoms with van der Waals surface area (Å²) in [6.07, 6.45) is 4.67. The van der Waals surface area contributed by atoms with Crippen molar-refractivity contribution in [3.63, 3.8) is 0 Å². The average molecular weight is 245 g/mol. The minimum atomic E-state index is 0.358. The van der Waals surface area contributed by atoms with E-state index < -0.39 is 0 Å². The van der Waals surface area contributed by atoms with Crippen LogP contribution in [0.4, 0.5) is 0 Å². The largest absolute Gasteiger partial charge is 0.261 e. The summed E-state index contributed by atoms with van der Waals surface area (Å²) < 4.78 is 2.02. The van der Waals surface area contributed by atoms with Gasteiger partial charge in [0.1, 0.15) is 0 Å². The molecule has 0 unspecified atom stereocenters. The van der Waals surface area contributed by atoms with Crippen LogP contribution in [-0.2, 0) is 6.42 Å². The molecule has 0 aliphatic heterocycles. The molecule has 0 amide bonds. The van der Waals surface area contributed by atoms with Crippen LogP contribution in [0.5, 0.6) is 0 Å². The standard InChI is InChI=1S/C13H17N3.C2H6/c1-4-11-6-5-8-14-13(11)12-7-9-15-16(12)10(2)3;1-2/h5-10H,4H2,1-3H3;1-2H3. The Hall–Kier alpha value is -1.64. The van der Waals surface area contributed by atoms with Crippen molar-refractivity contribution in [2.45, 2.75) is 47.1 Å². The molecule has 0 N–H and O–H groups in total. The fourth-order valence-corrected chi connectivity index (χ4v) is 1.87. The van der Waals surface area contributed by atoms with E-state index in [1.165, 1.54) is 5.56 Å². The first kappa shape index (κ1) is 14.4. The van der Waals surface area contributed by atoms with E-state index in [4.69, 9.17) is 0 Å². The summed E-state index contributed by atoms with van der Waals surface area (Å²) in [5.74, 6) is 0. The molecular formula is C15H23N3. The van der Waals surface area contributed by atoms with Crippen LogP contribution in [-0.4, -0.2) is 14.8 Å². The van der Waals surface area contributed by atoms with Gasteiger partial charge in [0.25, 0.3) is 0 Å². The van der Waals surface area contributed by atoms with Crippen molar-refractivity contribution in [1.82, 2.24) is 14.8 Å². The Morgan fingerprint density at radius 2 is 1.89 bits per heavy atom. The molecule has 0 radical (unpaired) electrons. The van der Waals surface area contributed by atoms with Gasteiger partial charge in [0.05, 0.1) is 11.4 Å². The van der Waals surface area contributed by atoms with E-state index in [-0.39, 0.29) is 0 Å². The molecule has 18 heavy (non-hydrogen) atoms. The van der Waals surface area contributed by atoms with Gasteiger partial charge in [0.15, 0.2) is 0 Å². The van der Waals surface area contributed by atoms with Crippen molar-refractivity contribution in [1.29, 1.82) is 0 Å². The molecule has 2 heterocycles. The Labute approximate surface area is 110 Å². The number of pyridine rings is 1. The Bertz CT molecular complexity index is 472. The lowest BCUT2D eigenvalue weighted by molar-refractivity contribution is 0.537. The van der Waals surface area contributed by atoms with Gasteiger partial charge >= 0.3 is 0 Å². The van der Waals surface area contributed by atoms with Crippen molar-refractivity contribution in [2.24, 2.45) is 0 Å². The van der Waals surface area contributed by atoms with E-state index in [1.54, 1.807) is 0 Å². The van der Waals surface area contributed by atoms with Gasteiger partial charge in [-0.3, -0.25) is 9.67 Å². The first-order valence-corrected chi connectivity index (χ1v) is 6.71. The van der Waals surface area contributed by atoms with Crippen LogP contribution in [0.1, 0.15) is 46.2 Å². The molecule has 0 aromatic carbocycles. The van der Waals surface area contributed by atoms with Crippen molar-refractivity contribution in [3.05, 3.63) is 36.2 Å². The molecule has 98 valence electrons. The number of aromatic nitrogens is 3. The molecule has 2 aromatic rings. The highest BCUT2D eigenvalue weighted by molar-refractivity contribution is 5.58. The van der Waals surface area contributed by atoms with Crippen LogP contribution < -0.4 is 0 Å². The SMILES string of the molecule is CC.CCc1cccnc1-c1ccnn1C(C)C. The van der Waals surface area contributed by atoms with Crippen LogP contribution in [0.2, 0.25) is 0 Å². The van der Waals surface area contributed by atoms with E-state index in [1.807, 2.05) is 43.1 Å². The molecule has 0 aliphatic carbocycles. The van der Waals surface area contributed by atoms with Gasteiger partial charge in [-0.05, 0) is 38.0 Å². The van der Waals surface area contributed by atoms with Crippen LogP contribution in [0.3, 0.4) is 0 Å². The molecule has 0 saturated heterocycles. The van der Waals surface area contributed by atoms with E-state index >= 15 is 0 Å². The summed E-state index contributed by atoms with van der Waals surface area (Å²) in [4.78, 5) is 4.47. The van der Waals surface area contributed by atoms with E-state index in [2.05, 4.69) is 36.9 Å². The number of aryl methyl sites for hydroxylation is 1. The first-order chi connectivity index (χ1) is 8.74. The maximum atomic E-state index is 4.47. The summed E-state index contributed by atoms with van der Waals surface area (Å²) in [5.41, 5.74) is 3.42. The van der Waals surface area contributed by atoms with Crippen molar-refractivity contribution >= 4 is 0 Å². The second kappa shape index (κ2) is 6.94. The number of rotatable bonds is 3. The molecule has 0 bridgehead atoms. The molecule has 3 heteroatoms. The number of hydrogen-bond donors (Lipinski definition) is 0. The predicted octanol–water partition coefficient (Wildman–Crippen LogP) is 4.11. The highest BCUT2D eigenvalue weighted by atomic mass is 15.3. The quantitative estimate of drug-likeness (QED) is 0.814. The molecule has 0 fully saturated rings. The first-order valence-electron chi connectivity index (χ1n) is 6.71. The maximum Gasteiger partial charge on any atom is 0.0914 e. The van der Waals surface area contributed by atoms with Crippen molar-refractivity contribution in [3.8, 4) is 11.4 Å². The Balaban J connectivity index is 0.000000771. The lowest BCUT2D eigenvalue weighted by atomic mass is 10.1. The second-order valence-corrected chi connectivity index (χ2v) is 4.12. The molecule has 2 aromatic heterocycles. The molecule has 3 nitrogen and oxygen atoms in total. The highest BCUT2D eigenvalue weighted by Gasteiger charge is 2.11. The summed E-state index contributed by atoms with van der Waals surface area (Å²) in [7, 11) is 0.